The average Bonchev–Trinajstić information content (AvgIpc) is 2.75. The summed E-state index contributed by atoms with van der Waals surface area (Å²) >= 11 is 5.61. The van der Waals surface area contributed by atoms with Crippen LogP contribution in [0.3, 0.4) is 0 Å². The van der Waals surface area contributed by atoms with Crippen LogP contribution >= 0.6 is 11.6 Å². The first-order valence-corrected chi connectivity index (χ1v) is 6.49. The Morgan fingerprint density at radius 2 is 2.12 bits per heavy atom. The number of rotatable bonds is 1. The zero-order chi connectivity index (χ0) is 12.4. The van der Waals surface area contributed by atoms with Crippen molar-refractivity contribution >= 4 is 23.5 Å². The Bertz CT molecular complexity index is 322. The van der Waals surface area contributed by atoms with Crippen LogP contribution in [0.1, 0.15) is 19.8 Å². The van der Waals surface area contributed by atoms with E-state index < -0.39 is 11.3 Å². The van der Waals surface area contributed by atoms with Crippen molar-refractivity contribution in [1.29, 1.82) is 0 Å². The van der Waals surface area contributed by atoms with Gasteiger partial charge in [0.25, 0.3) is 0 Å². The number of nitrogens with zero attached hydrogens (tertiary/aromatic N) is 2. The number of alkyl halides is 1. The van der Waals surface area contributed by atoms with E-state index in [9.17, 15) is 9.59 Å². The van der Waals surface area contributed by atoms with Gasteiger partial charge >= 0.3 is 6.03 Å². The molecule has 1 N–H and O–H groups in total. The molecule has 0 aliphatic carbocycles. The Balaban J connectivity index is 1.86. The number of amides is 3. The second-order valence-electron chi connectivity index (χ2n) is 4.69. The van der Waals surface area contributed by atoms with Crippen LogP contribution in [0.5, 0.6) is 0 Å². The molecule has 3 amide bonds. The molecule has 2 heterocycles. The van der Waals surface area contributed by atoms with Gasteiger partial charge in [-0.25, -0.2) is 4.79 Å². The molecule has 2 atom stereocenters. The summed E-state index contributed by atoms with van der Waals surface area (Å²) in [6, 6.07) is 0.159. The number of carbonyl (C=O) groups is 2. The minimum absolute atomic E-state index is 0.311. The van der Waals surface area contributed by atoms with Gasteiger partial charge in [0.2, 0.25) is 5.91 Å². The lowest BCUT2D eigenvalue weighted by Crippen LogP contribution is -2.55. The van der Waals surface area contributed by atoms with E-state index in [0.717, 1.165) is 26.1 Å². The fourth-order valence-corrected chi connectivity index (χ4v) is 2.51. The van der Waals surface area contributed by atoms with Crippen molar-refractivity contribution in [2.24, 2.45) is 0 Å². The minimum Gasteiger partial charge on any atom is -0.322 e. The summed E-state index contributed by atoms with van der Waals surface area (Å²) in [4.78, 5) is 27.3. The van der Waals surface area contributed by atoms with Crippen LogP contribution < -0.4 is 5.32 Å². The summed E-state index contributed by atoms with van der Waals surface area (Å²) in [5.41, 5.74) is 0. The van der Waals surface area contributed by atoms with Gasteiger partial charge in [-0.15, -0.1) is 11.6 Å². The first-order valence-electron chi connectivity index (χ1n) is 6.06. The molecular weight excluding hydrogens is 242 g/mol. The molecule has 17 heavy (non-hydrogen) atoms. The summed E-state index contributed by atoms with van der Waals surface area (Å²) in [7, 11) is 0. The molecule has 0 aromatic rings. The summed E-state index contributed by atoms with van der Waals surface area (Å²) in [6.45, 7) is 5.00. The second-order valence-corrected chi connectivity index (χ2v) is 5.34. The third-order valence-corrected chi connectivity index (χ3v) is 3.66. The van der Waals surface area contributed by atoms with Crippen LogP contribution in [0.25, 0.3) is 0 Å². The molecule has 2 unspecified atom stereocenters. The van der Waals surface area contributed by atoms with Crippen LogP contribution in [0.2, 0.25) is 0 Å². The van der Waals surface area contributed by atoms with Crippen molar-refractivity contribution < 1.29 is 9.59 Å². The molecule has 2 aliphatic rings. The predicted octanol–water partition coefficient (Wildman–Crippen LogP) is 0.630. The maximum absolute atomic E-state index is 11.8. The molecule has 0 aromatic carbocycles. The van der Waals surface area contributed by atoms with Crippen molar-refractivity contribution in [3.63, 3.8) is 0 Å². The zero-order valence-corrected chi connectivity index (χ0v) is 10.7. The highest BCUT2D eigenvalue weighted by molar-refractivity contribution is 6.31. The Morgan fingerprint density at radius 3 is 2.82 bits per heavy atom. The number of imide groups is 1. The van der Waals surface area contributed by atoms with Gasteiger partial charge in [0.1, 0.15) is 5.38 Å². The standard InChI is InChI=1S/C11H18ClN3O2/c1-8(12)10(16)13-11(17)15-6-5-14-4-2-3-9(14)7-15/h8-9H,2-7H2,1H3,(H,13,16,17). The number of fused-ring (bicyclic) bond motifs is 1. The average molecular weight is 260 g/mol. The maximum Gasteiger partial charge on any atom is 0.324 e. The van der Waals surface area contributed by atoms with Crippen molar-refractivity contribution in [2.75, 3.05) is 26.2 Å². The number of urea groups is 1. The number of piperazine rings is 1. The molecule has 0 aromatic heterocycles. The Hall–Kier alpha value is -0.810. The maximum atomic E-state index is 11.8. The van der Waals surface area contributed by atoms with Gasteiger partial charge in [0, 0.05) is 25.7 Å². The highest BCUT2D eigenvalue weighted by atomic mass is 35.5. The Kier molecular flexibility index (Phi) is 3.89. The molecule has 6 heteroatoms. The molecule has 2 rings (SSSR count). The van der Waals surface area contributed by atoms with Crippen LogP contribution in [-0.4, -0.2) is 59.3 Å². The normalized spacial score (nSPS) is 26.5. The summed E-state index contributed by atoms with van der Waals surface area (Å²) < 4.78 is 0. The van der Waals surface area contributed by atoms with E-state index in [0.29, 0.717) is 12.6 Å². The first kappa shape index (κ1) is 12.6. The zero-order valence-electron chi connectivity index (χ0n) is 9.99. The molecule has 0 radical (unpaired) electrons. The fraction of sp³-hybridized carbons (Fsp3) is 0.818. The molecule has 2 fully saturated rings. The number of hydrogen-bond donors (Lipinski definition) is 1. The van der Waals surface area contributed by atoms with Crippen LogP contribution in [0.4, 0.5) is 4.79 Å². The SMILES string of the molecule is CC(Cl)C(=O)NC(=O)N1CCN2CCCC2C1. The molecule has 5 nitrogen and oxygen atoms in total. The van der Waals surface area contributed by atoms with Crippen molar-refractivity contribution in [1.82, 2.24) is 15.1 Å². The lowest BCUT2D eigenvalue weighted by molar-refractivity contribution is -0.119. The molecule has 96 valence electrons. The van der Waals surface area contributed by atoms with E-state index in [1.165, 1.54) is 6.42 Å². The Morgan fingerprint density at radius 1 is 1.35 bits per heavy atom. The summed E-state index contributed by atoms with van der Waals surface area (Å²) in [6.07, 6.45) is 2.35. The molecular formula is C11H18ClN3O2. The van der Waals surface area contributed by atoms with Gasteiger partial charge in [0.15, 0.2) is 0 Å². The molecule has 0 spiro atoms. The fourth-order valence-electron chi connectivity index (χ4n) is 2.46. The van der Waals surface area contributed by atoms with E-state index in [4.69, 9.17) is 11.6 Å². The van der Waals surface area contributed by atoms with Gasteiger partial charge < -0.3 is 4.90 Å². The second kappa shape index (κ2) is 5.23. The smallest absolute Gasteiger partial charge is 0.322 e. The van der Waals surface area contributed by atoms with Crippen LogP contribution in [0, 0.1) is 0 Å². The number of nitrogens with one attached hydrogen (secondary N) is 1. The molecule has 2 saturated heterocycles. The van der Waals surface area contributed by atoms with Crippen molar-refractivity contribution in [3.05, 3.63) is 0 Å². The van der Waals surface area contributed by atoms with Gasteiger partial charge in [-0.05, 0) is 26.3 Å². The van der Waals surface area contributed by atoms with Crippen molar-refractivity contribution in [3.8, 4) is 0 Å². The highest BCUT2D eigenvalue weighted by Crippen LogP contribution is 2.21. The minimum atomic E-state index is -0.674. The summed E-state index contributed by atoms with van der Waals surface area (Å²) in [5, 5.41) is 1.65. The van der Waals surface area contributed by atoms with E-state index in [2.05, 4.69) is 10.2 Å². The first-order chi connectivity index (χ1) is 8.08. The quantitative estimate of drug-likeness (QED) is 0.703. The lowest BCUT2D eigenvalue weighted by atomic mass is 10.2. The number of hydrogen-bond acceptors (Lipinski definition) is 3. The lowest BCUT2D eigenvalue weighted by Gasteiger charge is -2.37. The monoisotopic (exact) mass is 259 g/mol. The molecule has 2 aliphatic heterocycles. The van der Waals surface area contributed by atoms with E-state index in [-0.39, 0.29) is 6.03 Å². The number of halogens is 1. The van der Waals surface area contributed by atoms with Gasteiger partial charge in [0.05, 0.1) is 0 Å². The van der Waals surface area contributed by atoms with Crippen molar-refractivity contribution in [2.45, 2.75) is 31.2 Å². The summed E-state index contributed by atoms with van der Waals surface area (Å²) in [5.74, 6) is -0.425. The third kappa shape index (κ3) is 2.90. The Labute approximate surface area is 106 Å². The topological polar surface area (TPSA) is 52.7 Å². The molecule has 0 saturated carbocycles. The molecule has 0 bridgehead atoms. The number of carbonyl (C=O) groups excluding carboxylic acids is 2. The predicted molar refractivity (Wildman–Crippen MR) is 65.0 cm³/mol. The van der Waals surface area contributed by atoms with E-state index >= 15 is 0 Å². The van der Waals surface area contributed by atoms with Gasteiger partial charge in [-0.1, -0.05) is 0 Å². The van der Waals surface area contributed by atoms with E-state index in [1.54, 1.807) is 11.8 Å². The van der Waals surface area contributed by atoms with Gasteiger partial charge in [-0.2, -0.15) is 0 Å². The highest BCUT2D eigenvalue weighted by Gasteiger charge is 2.33. The van der Waals surface area contributed by atoms with Crippen LogP contribution in [-0.2, 0) is 4.79 Å². The van der Waals surface area contributed by atoms with E-state index in [1.807, 2.05) is 0 Å². The third-order valence-electron chi connectivity index (χ3n) is 3.47. The van der Waals surface area contributed by atoms with Gasteiger partial charge in [-0.3, -0.25) is 15.0 Å². The van der Waals surface area contributed by atoms with Crippen LogP contribution in [0.15, 0.2) is 0 Å². The largest absolute Gasteiger partial charge is 0.324 e.